The molecule has 2 unspecified atom stereocenters. The molecule has 6 aliphatic rings. The van der Waals surface area contributed by atoms with Crippen molar-refractivity contribution in [3.8, 4) is 0 Å². The van der Waals surface area contributed by atoms with Crippen LogP contribution < -0.4 is 5.73 Å². The minimum atomic E-state index is -1.78. The first-order valence-electron chi connectivity index (χ1n) is 26.7. The van der Waals surface area contributed by atoms with Crippen molar-refractivity contribution >= 4 is 56.6 Å². The summed E-state index contributed by atoms with van der Waals surface area (Å²) in [6.07, 6.45) is 1.80. The number of nitrogens with zero attached hydrogens (tertiary/aromatic N) is 4. The first-order chi connectivity index (χ1) is 34.8. The molecule has 0 aliphatic carbocycles. The van der Waals surface area contributed by atoms with Crippen LogP contribution in [0, 0.1) is 35.5 Å². The summed E-state index contributed by atoms with van der Waals surface area (Å²) >= 11 is 9.18. The molecule has 8 rings (SSSR count). The maximum Gasteiger partial charge on any atom is 0.344 e. The standard InChI is InChI=1S/C13H17ClFN5O.C8H14BrFO.2C8H15FO2.2C8H13FO2/c1-4-7-6(2)13(3,15)11(21-7)20-5-17-8-9(14)18-12(16)19-10(8)20;1-4-6-5(2)8(3,10)7(9)11-6;4*1-4-6-5(2)8(3,9)7(10)11-6/h5-7,11H,4H2,1-3H3,(H2,16,18,19);5-7H,4H2,1-3H3;2*5-7,10H,4H2,1-3H3;2*5-6H,4H2,1-3H3/t6-,7-,11-,13-;5-,6-,7+,8-;2*5-,6-,7?,8-;2*5-,6-,8-/m111111/s1. The number of ether oxygens (including phenoxy) is 6. The van der Waals surface area contributed by atoms with E-state index in [1.807, 2.05) is 55.4 Å². The summed E-state index contributed by atoms with van der Waals surface area (Å²) in [5, 5.41) is 18.0. The van der Waals surface area contributed by atoms with E-state index in [1.165, 1.54) is 40.9 Å². The predicted molar refractivity (Wildman–Crippen MR) is 282 cm³/mol. The maximum absolute atomic E-state index is 15.1. The number of imidazole rings is 1. The number of nitrogens with two attached hydrogens (primary N) is 1. The van der Waals surface area contributed by atoms with Gasteiger partial charge in [0.15, 0.2) is 46.6 Å². The lowest BCUT2D eigenvalue weighted by molar-refractivity contribution is -0.150. The molecule has 22 atom stereocenters. The number of fused-ring (bicyclic) bond motifs is 1. The molecule has 15 nitrogen and oxygen atoms in total. The third-order valence-corrected chi connectivity index (χ3v) is 18.5. The van der Waals surface area contributed by atoms with Gasteiger partial charge in [0.2, 0.25) is 17.3 Å². The molecule has 440 valence electrons. The number of aliphatic hydroxyl groups excluding tert-OH is 2. The van der Waals surface area contributed by atoms with Gasteiger partial charge >= 0.3 is 11.9 Å². The number of halogens is 8. The lowest BCUT2D eigenvalue weighted by Crippen LogP contribution is -2.35. The van der Waals surface area contributed by atoms with Gasteiger partial charge in [-0.1, -0.05) is 111 Å². The van der Waals surface area contributed by atoms with Crippen molar-refractivity contribution in [1.29, 1.82) is 0 Å². The molecule has 6 aliphatic heterocycles. The second-order valence-corrected chi connectivity index (χ2v) is 23.3. The molecule has 2 aromatic heterocycles. The number of carbonyl (C=O) groups is 2. The quantitative estimate of drug-likeness (QED) is 0.102. The van der Waals surface area contributed by atoms with Gasteiger partial charge < -0.3 is 44.4 Å². The van der Waals surface area contributed by atoms with Crippen molar-refractivity contribution in [3.05, 3.63) is 11.5 Å². The average molecular weight is 1180 g/mol. The summed E-state index contributed by atoms with van der Waals surface area (Å²) in [6, 6.07) is 0. The van der Waals surface area contributed by atoms with Gasteiger partial charge in [-0.3, -0.25) is 4.57 Å². The van der Waals surface area contributed by atoms with Gasteiger partial charge in [0.05, 0.1) is 30.7 Å². The predicted octanol–water partition coefficient (Wildman–Crippen LogP) is 11.9. The largest absolute Gasteiger partial charge is 0.460 e. The van der Waals surface area contributed by atoms with Crippen LogP contribution >= 0.6 is 27.5 Å². The van der Waals surface area contributed by atoms with Gasteiger partial charge in [0.1, 0.15) is 28.4 Å². The molecule has 23 heteroatoms. The summed E-state index contributed by atoms with van der Waals surface area (Å²) in [6.45, 7) is 30.8. The minimum Gasteiger partial charge on any atom is -0.460 e. The number of esters is 2. The highest BCUT2D eigenvalue weighted by Gasteiger charge is 2.56. The van der Waals surface area contributed by atoms with E-state index in [0.717, 1.165) is 25.7 Å². The lowest BCUT2D eigenvalue weighted by Gasteiger charge is -2.25. The normalized spacial score (nSPS) is 44.3. The Kier molecular flexibility index (Phi) is 23.4. The van der Waals surface area contributed by atoms with Crippen molar-refractivity contribution in [3.63, 3.8) is 0 Å². The van der Waals surface area contributed by atoms with Crippen LogP contribution in [0.5, 0.6) is 0 Å². The molecule has 76 heavy (non-hydrogen) atoms. The van der Waals surface area contributed by atoms with Crippen LogP contribution in [0.25, 0.3) is 11.2 Å². The number of anilines is 1. The zero-order valence-electron chi connectivity index (χ0n) is 47.6. The molecule has 6 fully saturated rings. The van der Waals surface area contributed by atoms with E-state index in [1.54, 1.807) is 39.2 Å². The van der Waals surface area contributed by atoms with E-state index in [-0.39, 0.29) is 83.2 Å². The summed E-state index contributed by atoms with van der Waals surface area (Å²) in [5.74, 6) is -2.73. The van der Waals surface area contributed by atoms with Crippen molar-refractivity contribution in [2.24, 2.45) is 35.5 Å². The van der Waals surface area contributed by atoms with Gasteiger partial charge in [0.25, 0.3) is 0 Å². The molecule has 0 amide bonds. The highest BCUT2D eigenvalue weighted by atomic mass is 79.9. The van der Waals surface area contributed by atoms with E-state index in [2.05, 4.69) is 30.9 Å². The van der Waals surface area contributed by atoms with Gasteiger partial charge in [0, 0.05) is 35.5 Å². The van der Waals surface area contributed by atoms with Gasteiger partial charge in [-0.05, 0) is 80.1 Å². The molecule has 8 heterocycles. The molecular formula is C53H87BrClF6N5O10. The molecule has 0 saturated carbocycles. The number of aliphatic hydroxyl groups is 2. The second kappa shape index (κ2) is 26.3. The van der Waals surface area contributed by atoms with Crippen LogP contribution in [0.2, 0.25) is 5.15 Å². The van der Waals surface area contributed by atoms with Crippen molar-refractivity contribution in [2.45, 2.75) is 258 Å². The molecule has 4 N–H and O–H groups in total. The smallest absolute Gasteiger partial charge is 0.344 e. The fraction of sp³-hybridized carbons (Fsp3) is 0.868. The van der Waals surface area contributed by atoms with Crippen LogP contribution in [-0.4, -0.2) is 130 Å². The Bertz CT molecular complexity index is 2090. The molecule has 6 saturated heterocycles. The minimum absolute atomic E-state index is 0.0168. The summed E-state index contributed by atoms with van der Waals surface area (Å²) in [7, 11) is 0. The van der Waals surface area contributed by atoms with Gasteiger partial charge in [-0.25, -0.2) is 40.9 Å². The Morgan fingerprint density at radius 3 is 1.16 bits per heavy atom. The van der Waals surface area contributed by atoms with Crippen molar-refractivity contribution in [2.75, 3.05) is 5.73 Å². The molecular weight excluding hydrogens is 1100 g/mol. The van der Waals surface area contributed by atoms with Crippen LogP contribution in [-0.2, 0) is 38.0 Å². The van der Waals surface area contributed by atoms with Crippen LogP contribution in [0.15, 0.2) is 6.33 Å². The fourth-order valence-electron chi connectivity index (χ4n) is 9.85. The van der Waals surface area contributed by atoms with Crippen LogP contribution in [0.1, 0.15) is 169 Å². The van der Waals surface area contributed by atoms with E-state index in [9.17, 15) is 31.5 Å². The number of carbonyl (C=O) groups excluding carboxylic acids is 2. The summed E-state index contributed by atoms with van der Waals surface area (Å²) in [4.78, 5) is 33.9. The Balaban J connectivity index is 0.000000247. The first-order valence-corrected chi connectivity index (χ1v) is 28.0. The Labute approximate surface area is 459 Å². The number of aromatic nitrogens is 4. The molecule has 0 bridgehead atoms. The Hall–Kier alpha value is -2.60. The zero-order valence-corrected chi connectivity index (χ0v) is 49.9. The summed E-state index contributed by atoms with van der Waals surface area (Å²) in [5.41, 5.74) is -3.10. The molecule has 2 aromatic rings. The summed E-state index contributed by atoms with van der Waals surface area (Å²) < 4.78 is 115. The van der Waals surface area contributed by atoms with E-state index in [4.69, 9.17) is 56.0 Å². The van der Waals surface area contributed by atoms with Gasteiger partial charge in [-0.2, -0.15) is 9.97 Å². The van der Waals surface area contributed by atoms with E-state index >= 15 is 4.39 Å². The lowest BCUT2D eigenvalue weighted by atomic mass is 9.88. The van der Waals surface area contributed by atoms with Crippen LogP contribution in [0.4, 0.5) is 32.3 Å². The van der Waals surface area contributed by atoms with Gasteiger partial charge in [-0.15, -0.1) is 0 Å². The first kappa shape index (κ1) is 67.7. The molecule has 0 radical (unpaired) electrons. The third kappa shape index (κ3) is 14.1. The second-order valence-electron chi connectivity index (χ2n) is 22.1. The monoisotopic (exact) mass is 1180 g/mol. The third-order valence-electron chi connectivity index (χ3n) is 17.1. The SMILES string of the molecule is CC[C@H]1OC(=O)[C@](C)(F)[C@@H]1C.CC[C@H]1OC(=O)[C@](C)(F)[C@@H]1C.CC[C@H]1OC(O)[C@](C)(F)[C@@H]1C.CC[C@H]1OC(O)[C@](C)(F)[C@@H]1C.CC[C@H]1O[C@@H](n2cnc3c(Cl)nc(N)nc32)[C@](C)(F)[C@@H]1C.CC[C@H]1O[C@H](Br)[C@](C)(F)[C@@H]1C. The van der Waals surface area contributed by atoms with Crippen molar-refractivity contribution in [1.82, 2.24) is 19.5 Å². The number of alkyl halides is 7. The van der Waals surface area contributed by atoms with E-state index in [0.29, 0.717) is 24.0 Å². The average Bonchev–Trinajstić information content (AvgIpc) is 4.13. The number of hydrogen-bond acceptors (Lipinski definition) is 14. The zero-order chi connectivity index (χ0) is 58.6. The fourth-order valence-corrected chi connectivity index (χ4v) is 10.8. The Morgan fingerprint density at radius 1 is 0.566 bits per heavy atom. The number of rotatable bonds is 7. The maximum atomic E-state index is 15.1. The van der Waals surface area contributed by atoms with E-state index < -0.39 is 69.8 Å². The van der Waals surface area contributed by atoms with Crippen molar-refractivity contribution < 1.29 is 74.6 Å². The molecule has 0 aromatic carbocycles. The topological polar surface area (TPSA) is 200 Å². The Morgan fingerprint density at radius 2 is 0.908 bits per heavy atom. The highest BCUT2D eigenvalue weighted by Crippen LogP contribution is 2.48. The van der Waals surface area contributed by atoms with Crippen LogP contribution in [0.3, 0.4) is 0 Å². The number of nitrogen functional groups attached to an aromatic ring is 1. The number of hydrogen-bond donors (Lipinski definition) is 3. The highest BCUT2D eigenvalue weighted by molar-refractivity contribution is 9.09. The number of cyclic esters (lactones) is 2. The molecule has 0 spiro atoms.